The molecule has 1 N–H and O–H groups in total. The van der Waals surface area contributed by atoms with E-state index < -0.39 is 0 Å². The summed E-state index contributed by atoms with van der Waals surface area (Å²) < 4.78 is 7.12. The van der Waals surface area contributed by atoms with E-state index in [1.807, 2.05) is 37.4 Å². The van der Waals surface area contributed by atoms with Crippen LogP contribution < -0.4 is 5.32 Å². The fraction of sp³-hybridized carbons (Fsp3) is 0.278. The first-order chi connectivity index (χ1) is 12.2. The summed E-state index contributed by atoms with van der Waals surface area (Å²) in [5.41, 5.74) is 2.45. The molecule has 4 rings (SSSR count). The van der Waals surface area contributed by atoms with Crippen molar-refractivity contribution in [3.8, 4) is 10.6 Å². The van der Waals surface area contributed by atoms with E-state index in [-0.39, 0.29) is 11.8 Å². The van der Waals surface area contributed by atoms with Crippen molar-refractivity contribution in [2.45, 2.75) is 12.3 Å². The Hall–Kier alpha value is -2.51. The fourth-order valence-corrected chi connectivity index (χ4v) is 3.77. The first-order valence-electron chi connectivity index (χ1n) is 8.14. The minimum Gasteiger partial charge on any atom is -0.381 e. The molecule has 0 aliphatic carbocycles. The standard InChI is InChI=1S/C18H18N4O2S/c1-22-10-14(16(21-22)13-7-8-24-11-13)17(23)20-15-9-19-18(25-15)12-5-3-2-4-6-12/h2-6,9-10,13H,7-8,11H2,1H3,(H,20,23)/t13-/m1/s1. The molecule has 3 aromatic rings. The predicted octanol–water partition coefficient (Wildman–Crippen LogP) is 3.30. The summed E-state index contributed by atoms with van der Waals surface area (Å²) in [6.07, 6.45) is 4.36. The van der Waals surface area contributed by atoms with Crippen LogP contribution in [0.2, 0.25) is 0 Å². The number of hydrogen-bond donors (Lipinski definition) is 1. The first-order valence-corrected chi connectivity index (χ1v) is 8.96. The van der Waals surface area contributed by atoms with Crippen LogP contribution in [0, 0.1) is 0 Å². The molecule has 1 aliphatic heterocycles. The topological polar surface area (TPSA) is 69.0 Å². The number of anilines is 1. The number of carbonyl (C=O) groups excluding carboxylic acids is 1. The van der Waals surface area contributed by atoms with Gasteiger partial charge in [0.05, 0.1) is 24.1 Å². The zero-order valence-corrected chi connectivity index (χ0v) is 14.6. The van der Waals surface area contributed by atoms with Crippen molar-refractivity contribution in [3.63, 3.8) is 0 Å². The van der Waals surface area contributed by atoms with Gasteiger partial charge in [-0.05, 0) is 6.42 Å². The molecular formula is C18H18N4O2S. The Morgan fingerprint density at radius 1 is 1.36 bits per heavy atom. The molecule has 25 heavy (non-hydrogen) atoms. The summed E-state index contributed by atoms with van der Waals surface area (Å²) in [7, 11) is 1.83. The van der Waals surface area contributed by atoms with Crippen LogP contribution in [0.3, 0.4) is 0 Å². The van der Waals surface area contributed by atoms with Gasteiger partial charge in [0.15, 0.2) is 0 Å². The van der Waals surface area contributed by atoms with E-state index in [4.69, 9.17) is 4.74 Å². The van der Waals surface area contributed by atoms with Gasteiger partial charge < -0.3 is 10.1 Å². The maximum absolute atomic E-state index is 12.7. The average Bonchev–Trinajstić information content (AvgIpc) is 3.35. The van der Waals surface area contributed by atoms with Crippen LogP contribution in [-0.4, -0.2) is 33.9 Å². The van der Waals surface area contributed by atoms with Gasteiger partial charge in [-0.1, -0.05) is 41.7 Å². The predicted molar refractivity (Wildman–Crippen MR) is 96.9 cm³/mol. The molecule has 1 saturated heterocycles. The SMILES string of the molecule is Cn1cc(C(=O)Nc2cnc(-c3ccccc3)s2)c([C@@H]2CCOC2)n1. The number of ether oxygens (including phenoxy) is 1. The number of rotatable bonds is 4. The van der Waals surface area contributed by atoms with Crippen LogP contribution in [0.15, 0.2) is 42.7 Å². The Labute approximate surface area is 149 Å². The Balaban J connectivity index is 1.54. The van der Waals surface area contributed by atoms with Crippen LogP contribution in [0.1, 0.15) is 28.4 Å². The van der Waals surface area contributed by atoms with E-state index in [0.29, 0.717) is 12.2 Å². The second-order valence-electron chi connectivity index (χ2n) is 6.01. The number of benzene rings is 1. The Kier molecular flexibility index (Phi) is 4.33. The molecule has 3 heterocycles. The van der Waals surface area contributed by atoms with Crippen LogP contribution >= 0.6 is 11.3 Å². The van der Waals surface area contributed by atoms with Crippen LogP contribution in [0.25, 0.3) is 10.6 Å². The van der Waals surface area contributed by atoms with Crippen molar-refractivity contribution in [3.05, 3.63) is 54.0 Å². The summed E-state index contributed by atoms with van der Waals surface area (Å²) in [6, 6.07) is 9.92. The van der Waals surface area contributed by atoms with Gasteiger partial charge >= 0.3 is 0 Å². The molecule has 0 bridgehead atoms. The summed E-state index contributed by atoms with van der Waals surface area (Å²) in [6.45, 7) is 1.34. The average molecular weight is 354 g/mol. The summed E-state index contributed by atoms with van der Waals surface area (Å²) in [5, 5.41) is 9.02. The highest BCUT2D eigenvalue weighted by Crippen LogP contribution is 2.30. The maximum atomic E-state index is 12.7. The molecule has 1 fully saturated rings. The van der Waals surface area contributed by atoms with E-state index in [1.165, 1.54) is 11.3 Å². The third kappa shape index (κ3) is 3.33. The molecule has 128 valence electrons. The van der Waals surface area contributed by atoms with E-state index in [9.17, 15) is 4.79 Å². The summed E-state index contributed by atoms with van der Waals surface area (Å²) in [4.78, 5) is 17.1. The number of aromatic nitrogens is 3. The van der Waals surface area contributed by atoms with E-state index in [1.54, 1.807) is 17.1 Å². The number of amides is 1. The van der Waals surface area contributed by atoms with Gasteiger partial charge in [0.25, 0.3) is 5.91 Å². The largest absolute Gasteiger partial charge is 0.381 e. The molecular weight excluding hydrogens is 336 g/mol. The Morgan fingerprint density at radius 2 is 2.20 bits per heavy atom. The summed E-state index contributed by atoms with van der Waals surface area (Å²) >= 11 is 1.46. The second-order valence-corrected chi connectivity index (χ2v) is 7.04. The van der Waals surface area contributed by atoms with Gasteiger partial charge in [-0.15, -0.1) is 0 Å². The minimum atomic E-state index is -0.154. The zero-order valence-electron chi connectivity index (χ0n) is 13.8. The highest BCUT2D eigenvalue weighted by molar-refractivity contribution is 7.19. The van der Waals surface area contributed by atoms with Gasteiger partial charge in [0, 0.05) is 31.3 Å². The monoisotopic (exact) mass is 354 g/mol. The third-order valence-corrected chi connectivity index (χ3v) is 5.14. The van der Waals surface area contributed by atoms with Crippen molar-refractivity contribution in [1.29, 1.82) is 0 Å². The number of thiazole rings is 1. The molecule has 1 amide bonds. The summed E-state index contributed by atoms with van der Waals surface area (Å²) in [5.74, 6) is 0.0292. The quantitative estimate of drug-likeness (QED) is 0.780. The second kappa shape index (κ2) is 6.78. The number of nitrogens with zero attached hydrogens (tertiary/aromatic N) is 3. The minimum absolute atomic E-state index is 0.154. The van der Waals surface area contributed by atoms with E-state index in [2.05, 4.69) is 15.4 Å². The van der Waals surface area contributed by atoms with Crippen LogP contribution in [0.5, 0.6) is 0 Å². The molecule has 0 radical (unpaired) electrons. The molecule has 7 heteroatoms. The van der Waals surface area contributed by atoms with Gasteiger partial charge in [0.1, 0.15) is 10.0 Å². The van der Waals surface area contributed by atoms with E-state index >= 15 is 0 Å². The number of carbonyl (C=O) groups is 1. The smallest absolute Gasteiger partial charge is 0.259 e. The first kappa shape index (κ1) is 16.0. The van der Waals surface area contributed by atoms with Crippen molar-refractivity contribution >= 4 is 22.2 Å². The van der Waals surface area contributed by atoms with Crippen molar-refractivity contribution in [2.24, 2.45) is 7.05 Å². The molecule has 6 nitrogen and oxygen atoms in total. The normalized spacial score (nSPS) is 16.9. The zero-order chi connectivity index (χ0) is 17.2. The van der Waals surface area contributed by atoms with Gasteiger partial charge in [-0.2, -0.15) is 5.10 Å². The Morgan fingerprint density at radius 3 is 2.96 bits per heavy atom. The lowest BCUT2D eigenvalue weighted by Gasteiger charge is -2.07. The van der Waals surface area contributed by atoms with Gasteiger partial charge in [-0.3, -0.25) is 9.48 Å². The number of nitrogens with one attached hydrogen (secondary N) is 1. The fourth-order valence-electron chi connectivity index (χ4n) is 2.96. The Bertz CT molecular complexity index is 882. The van der Waals surface area contributed by atoms with Crippen molar-refractivity contribution in [1.82, 2.24) is 14.8 Å². The lowest BCUT2D eigenvalue weighted by atomic mass is 10.0. The molecule has 0 spiro atoms. The molecule has 1 aromatic carbocycles. The third-order valence-electron chi connectivity index (χ3n) is 4.18. The highest BCUT2D eigenvalue weighted by Gasteiger charge is 2.26. The molecule has 0 unspecified atom stereocenters. The van der Waals surface area contributed by atoms with Gasteiger partial charge in [0.2, 0.25) is 0 Å². The van der Waals surface area contributed by atoms with E-state index in [0.717, 1.165) is 34.3 Å². The number of aryl methyl sites for hydroxylation is 1. The molecule has 1 atom stereocenters. The maximum Gasteiger partial charge on any atom is 0.259 e. The lowest BCUT2D eigenvalue weighted by molar-refractivity contribution is 0.102. The molecule has 2 aromatic heterocycles. The molecule has 0 saturated carbocycles. The van der Waals surface area contributed by atoms with Crippen LogP contribution in [-0.2, 0) is 11.8 Å². The van der Waals surface area contributed by atoms with Crippen LogP contribution in [0.4, 0.5) is 5.00 Å². The molecule has 1 aliphatic rings. The van der Waals surface area contributed by atoms with Crippen molar-refractivity contribution < 1.29 is 9.53 Å². The van der Waals surface area contributed by atoms with Crippen molar-refractivity contribution in [2.75, 3.05) is 18.5 Å². The highest BCUT2D eigenvalue weighted by atomic mass is 32.1. The number of hydrogen-bond acceptors (Lipinski definition) is 5. The van der Waals surface area contributed by atoms with Gasteiger partial charge in [-0.25, -0.2) is 4.98 Å². The lowest BCUT2D eigenvalue weighted by Crippen LogP contribution is -2.14.